The van der Waals surface area contributed by atoms with Crippen LogP contribution >= 0.6 is 0 Å². The van der Waals surface area contributed by atoms with Crippen molar-refractivity contribution in [3.05, 3.63) is 70.8 Å². The minimum Gasteiger partial charge on any atom is -0.508 e. The highest BCUT2D eigenvalue weighted by atomic mass is 16.5. The van der Waals surface area contributed by atoms with Crippen LogP contribution in [0.5, 0.6) is 11.5 Å². The summed E-state index contributed by atoms with van der Waals surface area (Å²) in [5.74, 6) is 0.0341. The van der Waals surface area contributed by atoms with Gasteiger partial charge in [-0.25, -0.2) is 4.79 Å². The van der Waals surface area contributed by atoms with E-state index in [9.17, 15) is 15.0 Å². The topological polar surface area (TPSA) is 66.8 Å². The molecule has 2 aliphatic rings. The normalized spacial score (nSPS) is 22.7. The van der Waals surface area contributed by atoms with Crippen molar-refractivity contribution in [2.24, 2.45) is 5.92 Å². The molecule has 1 aliphatic carbocycles. The van der Waals surface area contributed by atoms with Gasteiger partial charge in [0.05, 0.1) is 0 Å². The van der Waals surface area contributed by atoms with Crippen LogP contribution in [0.4, 0.5) is 0 Å². The summed E-state index contributed by atoms with van der Waals surface area (Å²) in [6.07, 6.45) is 2.85. The maximum atomic E-state index is 11.6. The van der Waals surface area contributed by atoms with Crippen LogP contribution in [0.2, 0.25) is 0 Å². The average Bonchev–Trinajstić information content (AvgIpc) is 2.67. The summed E-state index contributed by atoms with van der Waals surface area (Å²) in [6.45, 7) is 8.37. The van der Waals surface area contributed by atoms with Gasteiger partial charge in [0.2, 0.25) is 0 Å². The van der Waals surface area contributed by atoms with Crippen LogP contribution in [-0.4, -0.2) is 21.8 Å². The number of carboxylic acid groups (broad SMARTS) is 1. The second-order valence-electron chi connectivity index (χ2n) is 9.29. The number of aromatic hydroxyl groups is 1. The third kappa shape index (κ3) is 3.21. The van der Waals surface area contributed by atoms with Crippen molar-refractivity contribution < 1.29 is 19.7 Å². The van der Waals surface area contributed by atoms with Gasteiger partial charge in [0.25, 0.3) is 0 Å². The Bertz CT molecular complexity index is 985. The number of carboxylic acids is 1. The molecular weight excluding hydrogens is 364 g/mol. The summed E-state index contributed by atoms with van der Waals surface area (Å²) < 4.78 is 6.40. The Morgan fingerprint density at radius 3 is 2.48 bits per heavy atom. The molecule has 2 N–H and O–H groups in total. The van der Waals surface area contributed by atoms with Gasteiger partial charge in [-0.2, -0.15) is 0 Å². The van der Waals surface area contributed by atoms with Crippen LogP contribution in [-0.2, 0) is 10.2 Å². The standard InChI is InChI=1S/C25H28O4/c1-24(2,16-8-6-5-7-9-16)17-13-20(26)22-18-12-15(23(27)28)10-11-19(18)25(3,4)29-21(22)14-17/h5-10,13-14,18-19,26H,11-12H2,1-4H3,(H,27,28)/t18-,19?/m1/s1. The van der Waals surface area contributed by atoms with E-state index in [4.69, 9.17) is 4.74 Å². The summed E-state index contributed by atoms with van der Waals surface area (Å²) >= 11 is 0. The van der Waals surface area contributed by atoms with Gasteiger partial charge in [-0.1, -0.05) is 50.3 Å². The minimum absolute atomic E-state index is 0.0706. The Morgan fingerprint density at radius 2 is 1.83 bits per heavy atom. The first-order chi connectivity index (χ1) is 13.6. The molecule has 152 valence electrons. The van der Waals surface area contributed by atoms with E-state index in [1.807, 2.05) is 36.4 Å². The quantitative estimate of drug-likeness (QED) is 0.734. The lowest BCUT2D eigenvalue weighted by Gasteiger charge is -2.47. The third-order valence-corrected chi connectivity index (χ3v) is 6.79. The number of rotatable bonds is 3. The van der Waals surface area contributed by atoms with E-state index in [0.29, 0.717) is 24.2 Å². The van der Waals surface area contributed by atoms with Crippen LogP contribution in [0.1, 0.15) is 63.1 Å². The first kappa shape index (κ1) is 19.6. The fraction of sp³-hybridized carbons (Fsp3) is 0.400. The Hall–Kier alpha value is -2.75. The molecule has 0 bridgehead atoms. The van der Waals surface area contributed by atoms with E-state index >= 15 is 0 Å². The molecule has 0 fully saturated rings. The molecule has 4 nitrogen and oxygen atoms in total. The molecule has 1 heterocycles. The Labute approximate surface area is 171 Å². The second-order valence-corrected chi connectivity index (χ2v) is 9.29. The van der Waals surface area contributed by atoms with Crippen molar-refractivity contribution in [1.82, 2.24) is 0 Å². The number of hydrogen-bond acceptors (Lipinski definition) is 3. The SMILES string of the molecule is CC(C)(c1ccccc1)c1cc(O)c2c(c1)OC(C)(C)C1CC=C(C(=O)O)C[C@@H]21. The number of fused-ring (bicyclic) bond motifs is 3. The fourth-order valence-corrected chi connectivity index (χ4v) is 4.95. The van der Waals surface area contributed by atoms with Gasteiger partial charge in [0, 0.05) is 28.4 Å². The molecule has 2 atom stereocenters. The van der Waals surface area contributed by atoms with E-state index in [0.717, 1.165) is 16.7 Å². The van der Waals surface area contributed by atoms with Crippen molar-refractivity contribution in [2.75, 3.05) is 0 Å². The Kier molecular flexibility index (Phi) is 4.49. The molecule has 0 amide bonds. The van der Waals surface area contributed by atoms with E-state index < -0.39 is 11.6 Å². The van der Waals surface area contributed by atoms with Gasteiger partial charge in [0.15, 0.2) is 0 Å². The Morgan fingerprint density at radius 1 is 1.14 bits per heavy atom. The van der Waals surface area contributed by atoms with Gasteiger partial charge >= 0.3 is 5.97 Å². The molecular formula is C25H28O4. The maximum absolute atomic E-state index is 11.6. The number of ether oxygens (including phenoxy) is 1. The molecule has 2 aromatic carbocycles. The number of aliphatic carboxylic acids is 1. The smallest absolute Gasteiger partial charge is 0.331 e. The highest BCUT2D eigenvalue weighted by Crippen LogP contribution is 2.55. The van der Waals surface area contributed by atoms with Crippen molar-refractivity contribution >= 4 is 5.97 Å². The molecule has 1 aliphatic heterocycles. The summed E-state index contributed by atoms with van der Waals surface area (Å²) in [6, 6.07) is 14.0. The van der Waals surface area contributed by atoms with Gasteiger partial charge in [-0.15, -0.1) is 0 Å². The zero-order valence-corrected chi connectivity index (χ0v) is 17.4. The monoisotopic (exact) mass is 392 g/mol. The Balaban J connectivity index is 1.82. The molecule has 0 aromatic heterocycles. The first-order valence-corrected chi connectivity index (χ1v) is 10.2. The molecule has 4 heteroatoms. The molecule has 0 radical (unpaired) electrons. The number of phenols is 1. The summed E-state index contributed by atoms with van der Waals surface area (Å²) in [7, 11) is 0. The number of phenolic OH excluding ortho intramolecular Hbond substituents is 1. The number of benzene rings is 2. The molecule has 0 saturated carbocycles. The van der Waals surface area contributed by atoms with E-state index in [1.165, 1.54) is 0 Å². The lowest BCUT2D eigenvalue weighted by molar-refractivity contribution is -0.133. The van der Waals surface area contributed by atoms with E-state index in [2.05, 4.69) is 39.8 Å². The van der Waals surface area contributed by atoms with Crippen molar-refractivity contribution in [1.29, 1.82) is 0 Å². The van der Waals surface area contributed by atoms with Gasteiger partial charge in [-0.3, -0.25) is 0 Å². The molecule has 0 saturated heterocycles. The predicted octanol–water partition coefficient (Wildman–Crippen LogP) is 5.39. The van der Waals surface area contributed by atoms with Crippen LogP contribution in [0, 0.1) is 5.92 Å². The fourth-order valence-electron chi connectivity index (χ4n) is 4.95. The van der Waals surface area contributed by atoms with Gasteiger partial charge in [0.1, 0.15) is 17.1 Å². The molecule has 2 aromatic rings. The molecule has 4 rings (SSSR count). The lowest BCUT2D eigenvalue weighted by atomic mass is 9.66. The van der Waals surface area contributed by atoms with Crippen LogP contribution in [0.15, 0.2) is 54.1 Å². The zero-order valence-electron chi connectivity index (χ0n) is 17.4. The summed E-state index contributed by atoms with van der Waals surface area (Å²) in [5, 5.41) is 20.5. The second kappa shape index (κ2) is 6.65. The first-order valence-electron chi connectivity index (χ1n) is 10.2. The zero-order chi connectivity index (χ0) is 21.0. The van der Waals surface area contributed by atoms with Crippen molar-refractivity contribution in [3.63, 3.8) is 0 Å². The lowest BCUT2D eigenvalue weighted by Crippen LogP contribution is -2.46. The third-order valence-electron chi connectivity index (χ3n) is 6.79. The molecule has 0 spiro atoms. The summed E-state index contributed by atoms with van der Waals surface area (Å²) in [5.41, 5.74) is 2.54. The van der Waals surface area contributed by atoms with E-state index in [1.54, 1.807) is 0 Å². The molecule has 29 heavy (non-hydrogen) atoms. The van der Waals surface area contributed by atoms with Crippen LogP contribution in [0.25, 0.3) is 0 Å². The van der Waals surface area contributed by atoms with Crippen molar-refractivity contribution in [3.8, 4) is 11.5 Å². The van der Waals surface area contributed by atoms with Gasteiger partial charge < -0.3 is 14.9 Å². The largest absolute Gasteiger partial charge is 0.508 e. The average molecular weight is 392 g/mol. The van der Waals surface area contributed by atoms with E-state index in [-0.39, 0.29) is 23.0 Å². The number of allylic oxidation sites excluding steroid dienone is 1. The van der Waals surface area contributed by atoms with Crippen LogP contribution < -0.4 is 4.74 Å². The van der Waals surface area contributed by atoms with Crippen molar-refractivity contribution in [2.45, 2.75) is 57.5 Å². The predicted molar refractivity (Wildman–Crippen MR) is 113 cm³/mol. The highest BCUT2D eigenvalue weighted by Gasteiger charge is 2.47. The number of hydrogen-bond donors (Lipinski definition) is 2. The highest BCUT2D eigenvalue weighted by molar-refractivity contribution is 5.87. The molecule has 1 unspecified atom stereocenters. The van der Waals surface area contributed by atoms with Crippen LogP contribution in [0.3, 0.4) is 0 Å². The number of carbonyl (C=O) groups is 1. The summed E-state index contributed by atoms with van der Waals surface area (Å²) in [4.78, 5) is 11.6. The minimum atomic E-state index is -0.879. The maximum Gasteiger partial charge on any atom is 0.331 e. The van der Waals surface area contributed by atoms with Gasteiger partial charge in [-0.05, 0) is 49.9 Å².